The first-order chi connectivity index (χ1) is 47.8. The molecule has 19 heteroatoms. The van der Waals surface area contributed by atoms with Gasteiger partial charge >= 0.3 is 0 Å². The molecular weight excluding hydrogens is 1250 g/mol. The number of allylic oxidation sites excluding steroid dienone is 17. The molecule has 3 heterocycles. The molecule has 17 atom stereocenters. The number of nitrogens with one attached hydrogen (secondary N) is 1. The van der Waals surface area contributed by atoms with Crippen LogP contribution in [-0.2, 0) is 33.2 Å². The number of carbonyl (C=O) groups is 1. The summed E-state index contributed by atoms with van der Waals surface area (Å²) in [7, 11) is 0. The minimum atomic E-state index is -1.98. The zero-order valence-corrected chi connectivity index (χ0v) is 60.0. The van der Waals surface area contributed by atoms with Crippen LogP contribution in [-0.4, -0.2) is 193 Å². The zero-order chi connectivity index (χ0) is 71.1. The quantitative estimate of drug-likeness (QED) is 0.0199. The van der Waals surface area contributed by atoms with E-state index in [-0.39, 0.29) is 18.9 Å². The molecule has 0 aromatic rings. The average molecular weight is 1390 g/mol. The van der Waals surface area contributed by atoms with E-state index in [9.17, 15) is 61.0 Å². The van der Waals surface area contributed by atoms with Gasteiger partial charge in [-0.25, -0.2) is 0 Å². The summed E-state index contributed by atoms with van der Waals surface area (Å²) in [6.07, 6.45) is 53.8. The highest BCUT2D eigenvalue weighted by molar-refractivity contribution is 5.76. The summed E-state index contributed by atoms with van der Waals surface area (Å²) in [6, 6.07) is -0.977. The third kappa shape index (κ3) is 39.2. The molecular formula is C79H135NO18. The van der Waals surface area contributed by atoms with Crippen LogP contribution in [0.5, 0.6) is 0 Å². The molecule has 17 unspecified atom stereocenters. The Hall–Kier alpha value is -3.55. The van der Waals surface area contributed by atoms with E-state index in [1.54, 1.807) is 6.08 Å². The van der Waals surface area contributed by atoms with Crippen molar-refractivity contribution in [3.05, 3.63) is 109 Å². The van der Waals surface area contributed by atoms with Gasteiger partial charge in [0.05, 0.1) is 38.6 Å². The lowest BCUT2D eigenvalue weighted by molar-refractivity contribution is -0.379. The lowest BCUT2D eigenvalue weighted by Gasteiger charge is -2.48. The highest BCUT2D eigenvalue weighted by atomic mass is 16.8. The van der Waals surface area contributed by atoms with Crippen LogP contribution >= 0.6 is 0 Å². The number of carbonyl (C=O) groups excluding carboxylic acids is 1. The molecule has 3 fully saturated rings. The fraction of sp³-hybridized carbons (Fsp3) is 0.759. The second kappa shape index (κ2) is 58.9. The molecule has 0 bridgehead atoms. The van der Waals surface area contributed by atoms with Gasteiger partial charge in [0.15, 0.2) is 18.9 Å². The highest BCUT2D eigenvalue weighted by Gasteiger charge is 2.53. The van der Waals surface area contributed by atoms with Gasteiger partial charge in [-0.05, 0) is 83.5 Å². The number of unbranched alkanes of at least 4 members (excludes halogenated alkanes) is 26. The normalized spacial score (nSPS) is 27.4. The molecule has 0 aliphatic carbocycles. The van der Waals surface area contributed by atoms with Crippen LogP contribution in [0, 0.1) is 0 Å². The van der Waals surface area contributed by atoms with Crippen LogP contribution in [0.1, 0.15) is 251 Å². The Morgan fingerprint density at radius 1 is 0.378 bits per heavy atom. The van der Waals surface area contributed by atoms with Crippen molar-refractivity contribution < 1.29 is 89.4 Å². The minimum Gasteiger partial charge on any atom is -0.394 e. The number of ether oxygens (including phenoxy) is 6. The molecule has 3 saturated heterocycles. The van der Waals surface area contributed by atoms with Gasteiger partial charge in [-0.1, -0.05) is 271 Å². The molecule has 0 aromatic carbocycles. The van der Waals surface area contributed by atoms with Crippen LogP contribution in [0.25, 0.3) is 0 Å². The van der Waals surface area contributed by atoms with Gasteiger partial charge in [0.25, 0.3) is 0 Å². The predicted octanol–water partition coefficient (Wildman–Crippen LogP) is 11.8. The summed E-state index contributed by atoms with van der Waals surface area (Å²) >= 11 is 0. The highest BCUT2D eigenvalue weighted by Crippen LogP contribution is 2.33. The maximum atomic E-state index is 13.4. The van der Waals surface area contributed by atoms with Crippen LogP contribution in [0.2, 0.25) is 0 Å². The van der Waals surface area contributed by atoms with Gasteiger partial charge in [-0.3, -0.25) is 4.79 Å². The van der Waals surface area contributed by atoms with Crippen LogP contribution in [0.4, 0.5) is 0 Å². The van der Waals surface area contributed by atoms with Gasteiger partial charge in [0, 0.05) is 6.42 Å². The summed E-state index contributed by atoms with van der Waals surface area (Å²) in [5, 5.41) is 120. The third-order valence-corrected chi connectivity index (χ3v) is 18.3. The average Bonchev–Trinajstić information content (AvgIpc) is 0.785. The Bertz CT molecular complexity index is 2200. The Kier molecular flexibility index (Phi) is 53.3. The summed E-state index contributed by atoms with van der Waals surface area (Å²) < 4.78 is 34.3. The summed E-state index contributed by atoms with van der Waals surface area (Å²) in [6.45, 7) is 1.60. The van der Waals surface area contributed by atoms with E-state index >= 15 is 0 Å². The summed E-state index contributed by atoms with van der Waals surface area (Å²) in [5.74, 6) is -0.279. The number of hydrogen-bond donors (Lipinski definition) is 12. The fourth-order valence-corrected chi connectivity index (χ4v) is 12.2. The monoisotopic (exact) mass is 1390 g/mol. The first-order valence-corrected chi connectivity index (χ1v) is 38.1. The molecule has 98 heavy (non-hydrogen) atoms. The predicted molar refractivity (Wildman–Crippen MR) is 387 cm³/mol. The van der Waals surface area contributed by atoms with Crippen LogP contribution < -0.4 is 5.32 Å². The molecule has 12 N–H and O–H groups in total. The molecule has 3 aliphatic rings. The van der Waals surface area contributed by atoms with Crippen LogP contribution in [0.3, 0.4) is 0 Å². The van der Waals surface area contributed by atoms with E-state index in [2.05, 4.69) is 116 Å². The van der Waals surface area contributed by atoms with Gasteiger partial charge < -0.3 is 89.9 Å². The van der Waals surface area contributed by atoms with Crippen LogP contribution in [0.15, 0.2) is 109 Å². The number of hydrogen-bond acceptors (Lipinski definition) is 18. The second-order valence-electron chi connectivity index (χ2n) is 26.7. The van der Waals surface area contributed by atoms with Crippen molar-refractivity contribution in [1.29, 1.82) is 0 Å². The van der Waals surface area contributed by atoms with Crippen molar-refractivity contribution in [2.45, 2.75) is 356 Å². The Morgan fingerprint density at radius 3 is 1.10 bits per heavy atom. The topological polar surface area (TPSA) is 307 Å². The van der Waals surface area contributed by atoms with Gasteiger partial charge in [0.1, 0.15) is 73.2 Å². The van der Waals surface area contributed by atoms with Crippen molar-refractivity contribution in [3.8, 4) is 0 Å². The molecule has 0 spiro atoms. The maximum Gasteiger partial charge on any atom is 0.220 e. The zero-order valence-electron chi connectivity index (χ0n) is 60.0. The summed E-state index contributed by atoms with van der Waals surface area (Å²) in [5.41, 5.74) is 0. The SMILES string of the molecule is CC/C=C\C/C=C\C/C=C\C/C=C\C/C=C\C/C=C\C/C=C\C/C=C\CCCCCCCCCCCCCCCCCCC(=O)NC(COC1OC(CO)C(OC2OC(CO)C(OC3OC(CO)C(O)C(O)C3O)C(O)C2O)C(O)C1O)C(O)/C=C/CCCCCCCCCCCC. The third-order valence-electron chi connectivity index (χ3n) is 18.3. The van der Waals surface area contributed by atoms with E-state index in [4.69, 9.17) is 28.4 Å². The first-order valence-electron chi connectivity index (χ1n) is 38.1. The van der Waals surface area contributed by atoms with E-state index in [0.29, 0.717) is 6.42 Å². The van der Waals surface area contributed by atoms with Crippen molar-refractivity contribution >= 4 is 5.91 Å². The molecule has 19 nitrogen and oxygen atoms in total. The minimum absolute atomic E-state index is 0.239. The standard InChI is InChI=1S/C79H135NO18/c1-3-5-7-9-11-13-15-17-18-19-20-21-22-23-24-25-26-27-28-29-30-31-32-33-34-35-36-37-38-39-40-41-42-43-44-45-47-49-51-53-55-57-67(85)80-62(63(84)56-54-52-50-48-46-16-14-12-10-8-6-4-2)61-93-77-73(91)70(88)75(65(59-82)95-77)98-79-74(92)71(89)76(66(60-83)96-79)97-78-72(90)69(87)68(86)64(58-81)94-78/h5,7,11,13,17-18,20-21,23-24,26-27,29-30,32-33,54,56,62-66,68-79,81-84,86-92H,3-4,6,8-10,12,14-16,19,22,25,28,31,34-53,55,57-61H2,1-2H3,(H,80,85)/b7-5-,13-11-,18-17-,21-20-,24-23-,27-26-,30-29-,33-32-,56-54+. The lowest BCUT2D eigenvalue weighted by Crippen LogP contribution is -2.66. The van der Waals surface area contributed by atoms with Gasteiger partial charge in [-0.2, -0.15) is 0 Å². The fourth-order valence-electron chi connectivity index (χ4n) is 12.2. The molecule has 0 saturated carbocycles. The molecule has 3 aliphatic heterocycles. The van der Waals surface area contributed by atoms with Crippen molar-refractivity contribution in [2.24, 2.45) is 0 Å². The Balaban J connectivity index is 1.29. The maximum absolute atomic E-state index is 13.4. The molecule has 564 valence electrons. The Labute approximate surface area is 589 Å². The number of aliphatic hydroxyl groups excluding tert-OH is 11. The number of amides is 1. The smallest absolute Gasteiger partial charge is 0.220 e. The van der Waals surface area contributed by atoms with Crippen molar-refractivity contribution in [3.63, 3.8) is 0 Å². The van der Waals surface area contributed by atoms with Gasteiger partial charge in [-0.15, -0.1) is 0 Å². The Morgan fingerprint density at radius 2 is 0.704 bits per heavy atom. The molecule has 1 amide bonds. The molecule has 3 rings (SSSR count). The second-order valence-corrected chi connectivity index (χ2v) is 26.7. The lowest BCUT2D eigenvalue weighted by atomic mass is 9.96. The number of aliphatic hydroxyl groups is 11. The van der Waals surface area contributed by atoms with Gasteiger partial charge in [0.2, 0.25) is 5.91 Å². The van der Waals surface area contributed by atoms with E-state index < -0.39 is 124 Å². The molecule has 0 radical (unpaired) electrons. The number of rotatable bonds is 58. The van der Waals surface area contributed by atoms with Crippen molar-refractivity contribution in [1.82, 2.24) is 5.32 Å². The van der Waals surface area contributed by atoms with E-state index in [1.807, 2.05) is 6.08 Å². The van der Waals surface area contributed by atoms with Crippen molar-refractivity contribution in [2.75, 3.05) is 26.4 Å². The van der Waals surface area contributed by atoms with E-state index in [0.717, 1.165) is 96.3 Å². The largest absolute Gasteiger partial charge is 0.394 e. The summed E-state index contributed by atoms with van der Waals surface area (Å²) in [4.78, 5) is 13.4. The first kappa shape index (κ1) is 88.7. The van der Waals surface area contributed by atoms with E-state index in [1.165, 1.54) is 128 Å². The molecule has 0 aromatic heterocycles.